The van der Waals surface area contributed by atoms with Crippen molar-refractivity contribution in [2.45, 2.75) is 46.5 Å². The topological polar surface area (TPSA) is 26.0 Å². The van der Waals surface area contributed by atoms with Gasteiger partial charge in [0.15, 0.2) is 0 Å². The van der Waals surface area contributed by atoms with Crippen LogP contribution in [0, 0.1) is 5.41 Å². The largest absolute Gasteiger partial charge is 0.330 e. The first-order valence-electron chi connectivity index (χ1n) is 4.44. The van der Waals surface area contributed by atoms with Gasteiger partial charge in [-0.1, -0.05) is 27.2 Å². The maximum atomic E-state index is 5.71. The highest BCUT2D eigenvalue weighted by Gasteiger charge is 2.22. The van der Waals surface area contributed by atoms with E-state index < -0.39 is 0 Å². The van der Waals surface area contributed by atoms with Crippen molar-refractivity contribution in [1.82, 2.24) is 0 Å². The second-order valence-electron chi connectivity index (χ2n) is 3.16. The Hall–Kier alpha value is -0.0400. The van der Waals surface area contributed by atoms with Gasteiger partial charge in [-0.2, -0.15) is 0 Å². The smallest absolute Gasteiger partial charge is 0.00207 e. The molecular weight excluding hydrogens is 122 g/mol. The third-order valence-corrected chi connectivity index (χ3v) is 2.71. The monoisotopic (exact) mass is 143 g/mol. The van der Waals surface area contributed by atoms with Gasteiger partial charge in [0.2, 0.25) is 0 Å². The van der Waals surface area contributed by atoms with Gasteiger partial charge in [-0.25, -0.2) is 0 Å². The van der Waals surface area contributed by atoms with Crippen molar-refractivity contribution in [3.8, 4) is 0 Å². The highest BCUT2D eigenvalue weighted by atomic mass is 14.6. The molecule has 0 bridgehead atoms. The number of nitrogens with two attached hydrogens (primary N) is 1. The van der Waals surface area contributed by atoms with Crippen LogP contribution in [0.3, 0.4) is 0 Å². The summed E-state index contributed by atoms with van der Waals surface area (Å²) in [5, 5.41) is 0. The Morgan fingerprint density at radius 2 is 1.60 bits per heavy atom. The van der Waals surface area contributed by atoms with Crippen LogP contribution in [0.15, 0.2) is 0 Å². The van der Waals surface area contributed by atoms with E-state index in [1.807, 2.05) is 0 Å². The van der Waals surface area contributed by atoms with Crippen LogP contribution in [-0.4, -0.2) is 6.54 Å². The highest BCUT2D eigenvalue weighted by Crippen LogP contribution is 2.30. The fourth-order valence-electron chi connectivity index (χ4n) is 1.52. The summed E-state index contributed by atoms with van der Waals surface area (Å²) in [5.41, 5.74) is 6.17. The van der Waals surface area contributed by atoms with Gasteiger partial charge in [-0.05, 0) is 31.2 Å². The highest BCUT2D eigenvalue weighted by molar-refractivity contribution is 4.76. The van der Waals surface area contributed by atoms with E-state index in [0.29, 0.717) is 5.41 Å². The molecule has 62 valence electrons. The van der Waals surface area contributed by atoms with Crippen LogP contribution >= 0.6 is 0 Å². The van der Waals surface area contributed by atoms with Gasteiger partial charge in [0.05, 0.1) is 0 Å². The minimum Gasteiger partial charge on any atom is -0.330 e. The lowest BCUT2D eigenvalue weighted by Crippen LogP contribution is -2.28. The molecule has 10 heavy (non-hydrogen) atoms. The van der Waals surface area contributed by atoms with Crippen molar-refractivity contribution < 1.29 is 0 Å². The summed E-state index contributed by atoms with van der Waals surface area (Å²) in [5.74, 6) is 0. The standard InChI is InChI=1S/C9H21N/c1-4-7-9(5-2,6-3)8-10/h4-8,10H2,1-3H3. The molecule has 0 amide bonds. The summed E-state index contributed by atoms with van der Waals surface area (Å²) in [6, 6.07) is 0. The molecule has 0 aromatic rings. The Balaban J connectivity index is 3.87. The maximum absolute atomic E-state index is 5.71. The Morgan fingerprint density at radius 3 is 1.70 bits per heavy atom. The van der Waals surface area contributed by atoms with E-state index in [1.165, 1.54) is 25.7 Å². The lowest BCUT2D eigenvalue weighted by Gasteiger charge is -2.29. The van der Waals surface area contributed by atoms with Crippen LogP contribution in [0.5, 0.6) is 0 Å². The SMILES string of the molecule is CCCC(CC)(CC)CN. The molecule has 0 saturated carbocycles. The Labute approximate surface area is 65.0 Å². The molecule has 0 aliphatic heterocycles. The predicted octanol–water partition coefficient (Wildman–Crippen LogP) is 2.55. The van der Waals surface area contributed by atoms with Crippen molar-refractivity contribution >= 4 is 0 Å². The molecule has 0 unspecified atom stereocenters. The minimum atomic E-state index is 0.453. The molecule has 0 aliphatic rings. The first-order valence-corrected chi connectivity index (χ1v) is 4.44. The molecule has 0 fully saturated rings. The van der Waals surface area contributed by atoms with Crippen LogP contribution in [0.2, 0.25) is 0 Å². The molecule has 0 saturated heterocycles. The Bertz CT molecular complexity index is 66.5. The van der Waals surface area contributed by atoms with Gasteiger partial charge >= 0.3 is 0 Å². The molecule has 0 aromatic heterocycles. The van der Waals surface area contributed by atoms with Crippen molar-refractivity contribution in [2.24, 2.45) is 11.1 Å². The molecule has 2 N–H and O–H groups in total. The van der Waals surface area contributed by atoms with Crippen LogP contribution in [-0.2, 0) is 0 Å². The molecule has 0 radical (unpaired) electrons. The van der Waals surface area contributed by atoms with Gasteiger partial charge in [0, 0.05) is 0 Å². The van der Waals surface area contributed by atoms with Crippen LogP contribution in [0.4, 0.5) is 0 Å². The second kappa shape index (κ2) is 4.73. The van der Waals surface area contributed by atoms with Crippen molar-refractivity contribution in [3.63, 3.8) is 0 Å². The molecule has 0 spiro atoms. The number of rotatable bonds is 5. The lowest BCUT2D eigenvalue weighted by atomic mass is 9.78. The summed E-state index contributed by atoms with van der Waals surface area (Å²) in [6.45, 7) is 7.57. The Morgan fingerprint density at radius 1 is 1.10 bits per heavy atom. The molecular formula is C9H21N. The van der Waals surface area contributed by atoms with Crippen LogP contribution in [0.25, 0.3) is 0 Å². The van der Waals surface area contributed by atoms with Gasteiger partial charge in [0.1, 0.15) is 0 Å². The number of hydrogen-bond acceptors (Lipinski definition) is 1. The minimum absolute atomic E-state index is 0.453. The first kappa shape index (κ1) is 9.96. The van der Waals surface area contributed by atoms with Crippen molar-refractivity contribution in [1.29, 1.82) is 0 Å². The summed E-state index contributed by atoms with van der Waals surface area (Å²) in [4.78, 5) is 0. The van der Waals surface area contributed by atoms with Gasteiger partial charge < -0.3 is 5.73 Å². The van der Waals surface area contributed by atoms with Crippen LogP contribution < -0.4 is 5.73 Å². The summed E-state index contributed by atoms with van der Waals surface area (Å²) < 4.78 is 0. The average Bonchev–Trinajstić information content (AvgIpc) is 2.01. The van der Waals surface area contributed by atoms with E-state index in [1.54, 1.807) is 0 Å². The van der Waals surface area contributed by atoms with Crippen molar-refractivity contribution in [3.05, 3.63) is 0 Å². The number of hydrogen-bond donors (Lipinski definition) is 1. The third-order valence-electron chi connectivity index (χ3n) is 2.71. The Kier molecular flexibility index (Phi) is 4.71. The van der Waals surface area contributed by atoms with Gasteiger partial charge in [-0.3, -0.25) is 0 Å². The van der Waals surface area contributed by atoms with E-state index in [9.17, 15) is 0 Å². The quantitative estimate of drug-likeness (QED) is 0.629. The zero-order valence-electron chi connectivity index (χ0n) is 7.61. The fourth-order valence-corrected chi connectivity index (χ4v) is 1.52. The van der Waals surface area contributed by atoms with Gasteiger partial charge in [0.25, 0.3) is 0 Å². The molecule has 0 aliphatic carbocycles. The van der Waals surface area contributed by atoms with Gasteiger partial charge in [-0.15, -0.1) is 0 Å². The lowest BCUT2D eigenvalue weighted by molar-refractivity contribution is 0.248. The summed E-state index contributed by atoms with van der Waals surface area (Å²) in [6.07, 6.45) is 5.01. The third kappa shape index (κ3) is 2.30. The van der Waals surface area contributed by atoms with E-state index in [4.69, 9.17) is 5.73 Å². The molecule has 0 rings (SSSR count). The van der Waals surface area contributed by atoms with E-state index >= 15 is 0 Å². The summed E-state index contributed by atoms with van der Waals surface area (Å²) >= 11 is 0. The average molecular weight is 143 g/mol. The second-order valence-corrected chi connectivity index (χ2v) is 3.16. The maximum Gasteiger partial charge on any atom is -0.00207 e. The molecule has 0 aromatic carbocycles. The summed E-state index contributed by atoms with van der Waals surface area (Å²) in [7, 11) is 0. The molecule has 1 heteroatoms. The molecule has 0 atom stereocenters. The van der Waals surface area contributed by atoms with E-state index in [-0.39, 0.29) is 0 Å². The van der Waals surface area contributed by atoms with E-state index in [0.717, 1.165) is 6.54 Å². The van der Waals surface area contributed by atoms with Crippen LogP contribution in [0.1, 0.15) is 46.5 Å². The first-order chi connectivity index (χ1) is 4.74. The van der Waals surface area contributed by atoms with E-state index in [2.05, 4.69) is 20.8 Å². The molecule has 1 nitrogen and oxygen atoms in total. The predicted molar refractivity (Wildman–Crippen MR) is 47.0 cm³/mol. The zero-order chi connectivity index (χ0) is 8.04. The fraction of sp³-hybridized carbons (Fsp3) is 1.00. The molecule has 0 heterocycles. The van der Waals surface area contributed by atoms with Crippen molar-refractivity contribution in [2.75, 3.05) is 6.54 Å². The normalized spacial score (nSPS) is 12.0. The zero-order valence-corrected chi connectivity index (χ0v) is 7.61.